The first-order valence-corrected chi connectivity index (χ1v) is 3.96. The highest BCUT2D eigenvalue weighted by Crippen LogP contribution is 2.12. The number of aromatic amines is 1. The van der Waals surface area contributed by atoms with Crippen LogP contribution in [0.2, 0.25) is 0 Å². The number of rotatable bonds is 1. The minimum Gasteiger partial charge on any atom is -0.388 e. The van der Waals surface area contributed by atoms with Gasteiger partial charge in [-0.3, -0.25) is 4.79 Å². The molecule has 13 heavy (non-hydrogen) atoms. The zero-order valence-corrected chi connectivity index (χ0v) is 7.16. The van der Waals surface area contributed by atoms with Crippen LogP contribution in [-0.2, 0) is 0 Å². The van der Waals surface area contributed by atoms with Crippen molar-refractivity contribution in [2.24, 2.45) is 0 Å². The van der Waals surface area contributed by atoms with E-state index in [1.54, 1.807) is 6.07 Å². The molecule has 4 heteroatoms. The summed E-state index contributed by atoms with van der Waals surface area (Å²) >= 11 is 0. The Labute approximate surface area is 74.6 Å². The first-order valence-electron chi connectivity index (χ1n) is 3.96. The molecule has 0 amide bonds. The third-order valence-electron chi connectivity index (χ3n) is 1.93. The molecule has 0 saturated carbocycles. The summed E-state index contributed by atoms with van der Waals surface area (Å²) in [5, 5.41) is 3.57. The Morgan fingerprint density at radius 2 is 2.31 bits per heavy atom. The van der Waals surface area contributed by atoms with Gasteiger partial charge in [0.05, 0.1) is 17.2 Å². The second-order valence-corrected chi connectivity index (χ2v) is 2.71. The molecule has 0 atom stereocenters. The van der Waals surface area contributed by atoms with Crippen molar-refractivity contribution in [3.8, 4) is 0 Å². The minimum absolute atomic E-state index is 0.109. The standard InChI is InChI=1S/C9H9N3O/c1-10-6-2-3-8-7(4-6)9(13)12-5-11-8/h2-5,10H,1H3,(H,11,12,13). The lowest BCUT2D eigenvalue weighted by Gasteiger charge is -2.00. The molecule has 2 N–H and O–H groups in total. The zero-order valence-electron chi connectivity index (χ0n) is 7.16. The maximum absolute atomic E-state index is 11.3. The molecule has 2 rings (SSSR count). The lowest BCUT2D eigenvalue weighted by molar-refractivity contribution is 1.17. The molecule has 0 aliphatic rings. The highest BCUT2D eigenvalue weighted by atomic mass is 16.1. The van der Waals surface area contributed by atoms with Crippen LogP contribution in [0, 0.1) is 0 Å². The summed E-state index contributed by atoms with van der Waals surface area (Å²) in [6, 6.07) is 5.48. The first kappa shape index (κ1) is 7.79. The third kappa shape index (κ3) is 1.26. The van der Waals surface area contributed by atoms with Crippen LogP contribution in [0.4, 0.5) is 5.69 Å². The van der Waals surface area contributed by atoms with Gasteiger partial charge in [0, 0.05) is 12.7 Å². The summed E-state index contributed by atoms with van der Waals surface area (Å²) in [6.07, 6.45) is 1.41. The molecule has 1 aromatic heterocycles. The van der Waals surface area contributed by atoms with Crippen molar-refractivity contribution in [2.75, 3.05) is 12.4 Å². The Kier molecular flexibility index (Phi) is 1.73. The highest BCUT2D eigenvalue weighted by Gasteiger charge is 1.98. The van der Waals surface area contributed by atoms with Gasteiger partial charge in [0.25, 0.3) is 5.56 Å². The Morgan fingerprint density at radius 3 is 3.08 bits per heavy atom. The molecular formula is C9H9N3O. The summed E-state index contributed by atoms with van der Waals surface area (Å²) in [4.78, 5) is 17.9. The number of benzene rings is 1. The number of hydrogen-bond acceptors (Lipinski definition) is 3. The van der Waals surface area contributed by atoms with E-state index in [0.29, 0.717) is 10.9 Å². The summed E-state index contributed by atoms with van der Waals surface area (Å²) in [5.41, 5.74) is 1.51. The van der Waals surface area contributed by atoms with Crippen molar-refractivity contribution >= 4 is 16.6 Å². The molecule has 66 valence electrons. The number of hydrogen-bond donors (Lipinski definition) is 2. The summed E-state index contributed by atoms with van der Waals surface area (Å²) in [5.74, 6) is 0. The summed E-state index contributed by atoms with van der Waals surface area (Å²) in [7, 11) is 1.81. The average molecular weight is 175 g/mol. The maximum Gasteiger partial charge on any atom is 0.258 e. The van der Waals surface area contributed by atoms with Gasteiger partial charge in [-0.15, -0.1) is 0 Å². The van der Waals surface area contributed by atoms with Crippen LogP contribution in [0.25, 0.3) is 10.9 Å². The number of nitrogens with one attached hydrogen (secondary N) is 2. The van der Waals surface area contributed by atoms with Gasteiger partial charge in [-0.25, -0.2) is 4.98 Å². The van der Waals surface area contributed by atoms with E-state index in [4.69, 9.17) is 0 Å². The van der Waals surface area contributed by atoms with E-state index in [1.165, 1.54) is 6.33 Å². The normalized spacial score (nSPS) is 10.2. The van der Waals surface area contributed by atoms with E-state index >= 15 is 0 Å². The number of H-pyrrole nitrogens is 1. The van der Waals surface area contributed by atoms with Crippen molar-refractivity contribution < 1.29 is 0 Å². The monoisotopic (exact) mass is 175 g/mol. The molecular weight excluding hydrogens is 166 g/mol. The summed E-state index contributed by atoms with van der Waals surface area (Å²) in [6.45, 7) is 0. The van der Waals surface area contributed by atoms with Gasteiger partial charge < -0.3 is 10.3 Å². The van der Waals surface area contributed by atoms with Gasteiger partial charge in [0.15, 0.2) is 0 Å². The van der Waals surface area contributed by atoms with Crippen LogP contribution in [0.3, 0.4) is 0 Å². The van der Waals surface area contributed by atoms with Crippen LogP contribution in [0.1, 0.15) is 0 Å². The van der Waals surface area contributed by atoms with Crippen LogP contribution in [-0.4, -0.2) is 17.0 Å². The second kappa shape index (κ2) is 2.90. The molecule has 1 heterocycles. The number of anilines is 1. The Bertz CT molecular complexity index is 489. The van der Waals surface area contributed by atoms with Gasteiger partial charge in [-0.2, -0.15) is 0 Å². The molecule has 0 bridgehead atoms. The number of aromatic nitrogens is 2. The molecule has 4 nitrogen and oxygen atoms in total. The van der Waals surface area contributed by atoms with Gasteiger partial charge in [-0.1, -0.05) is 0 Å². The maximum atomic E-state index is 11.3. The number of nitrogens with zero attached hydrogens (tertiary/aromatic N) is 1. The smallest absolute Gasteiger partial charge is 0.258 e. The van der Waals surface area contributed by atoms with E-state index in [0.717, 1.165) is 5.69 Å². The van der Waals surface area contributed by atoms with E-state index in [1.807, 2.05) is 19.2 Å². The van der Waals surface area contributed by atoms with Crippen molar-refractivity contribution in [2.45, 2.75) is 0 Å². The predicted octanol–water partition coefficient (Wildman–Crippen LogP) is 0.965. The fraction of sp³-hybridized carbons (Fsp3) is 0.111. The van der Waals surface area contributed by atoms with E-state index in [9.17, 15) is 4.79 Å². The predicted molar refractivity (Wildman–Crippen MR) is 51.9 cm³/mol. The highest BCUT2D eigenvalue weighted by molar-refractivity contribution is 5.81. The van der Waals surface area contributed by atoms with Gasteiger partial charge in [-0.05, 0) is 18.2 Å². The molecule has 2 aromatic rings. The quantitative estimate of drug-likeness (QED) is 0.678. The Hall–Kier alpha value is -1.84. The third-order valence-corrected chi connectivity index (χ3v) is 1.93. The van der Waals surface area contributed by atoms with Crippen LogP contribution in [0.5, 0.6) is 0 Å². The Balaban J connectivity index is 2.82. The van der Waals surface area contributed by atoms with E-state index in [2.05, 4.69) is 15.3 Å². The van der Waals surface area contributed by atoms with Gasteiger partial charge in [0.2, 0.25) is 0 Å². The fourth-order valence-corrected chi connectivity index (χ4v) is 1.22. The molecule has 0 fully saturated rings. The molecule has 1 aromatic carbocycles. The van der Waals surface area contributed by atoms with Gasteiger partial charge >= 0.3 is 0 Å². The van der Waals surface area contributed by atoms with Crippen molar-refractivity contribution in [1.82, 2.24) is 9.97 Å². The van der Waals surface area contributed by atoms with E-state index in [-0.39, 0.29) is 5.56 Å². The fourth-order valence-electron chi connectivity index (χ4n) is 1.22. The van der Waals surface area contributed by atoms with Crippen molar-refractivity contribution in [3.63, 3.8) is 0 Å². The minimum atomic E-state index is -0.109. The lowest BCUT2D eigenvalue weighted by atomic mass is 10.2. The topological polar surface area (TPSA) is 57.8 Å². The molecule has 0 spiro atoms. The van der Waals surface area contributed by atoms with Crippen molar-refractivity contribution in [3.05, 3.63) is 34.9 Å². The molecule has 0 unspecified atom stereocenters. The molecule has 0 aliphatic carbocycles. The second-order valence-electron chi connectivity index (χ2n) is 2.71. The van der Waals surface area contributed by atoms with Crippen LogP contribution in [0.15, 0.2) is 29.3 Å². The van der Waals surface area contributed by atoms with E-state index < -0.39 is 0 Å². The van der Waals surface area contributed by atoms with Crippen LogP contribution >= 0.6 is 0 Å². The molecule has 0 saturated heterocycles. The molecule has 0 radical (unpaired) electrons. The summed E-state index contributed by atoms with van der Waals surface area (Å²) < 4.78 is 0. The van der Waals surface area contributed by atoms with Gasteiger partial charge in [0.1, 0.15) is 0 Å². The van der Waals surface area contributed by atoms with Crippen LogP contribution < -0.4 is 10.9 Å². The SMILES string of the molecule is CNc1ccc2nc[nH]c(=O)c2c1. The Morgan fingerprint density at radius 1 is 1.46 bits per heavy atom. The lowest BCUT2D eigenvalue weighted by Crippen LogP contribution is -2.06. The number of fused-ring (bicyclic) bond motifs is 1. The largest absolute Gasteiger partial charge is 0.388 e. The molecule has 0 aliphatic heterocycles. The van der Waals surface area contributed by atoms with Crippen molar-refractivity contribution in [1.29, 1.82) is 0 Å². The zero-order chi connectivity index (χ0) is 9.26. The first-order chi connectivity index (χ1) is 6.31. The average Bonchev–Trinajstić information content (AvgIpc) is 2.18.